The molecule has 0 spiro atoms. The molecule has 2 N–H and O–H groups in total. The van der Waals surface area contributed by atoms with E-state index in [0.29, 0.717) is 12.4 Å². The first-order valence-corrected chi connectivity index (χ1v) is 12.3. The average Bonchev–Trinajstić information content (AvgIpc) is 3.11. The summed E-state index contributed by atoms with van der Waals surface area (Å²) in [6.45, 7) is 4.07. The van der Waals surface area contributed by atoms with Crippen LogP contribution in [-0.4, -0.2) is 22.8 Å². The second-order valence-electron chi connectivity index (χ2n) is 7.15. The Labute approximate surface area is 196 Å². The third-order valence-electron chi connectivity index (χ3n) is 4.86. The van der Waals surface area contributed by atoms with Gasteiger partial charge in [-0.25, -0.2) is 0 Å². The Hall–Kier alpha value is -3.26. The molecule has 3 aromatic rings. The SMILES string of the molecule is CCOC(=O)/C=C/c1ccc(OC2=C(c3ccc(O)cc3)[I-]c3cc(O)ccc32)cc1C. The van der Waals surface area contributed by atoms with Gasteiger partial charge >= 0.3 is 190 Å². The van der Waals surface area contributed by atoms with Crippen molar-refractivity contribution in [2.24, 2.45) is 0 Å². The summed E-state index contributed by atoms with van der Waals surface area (Å²) in [5.74, 6) is 1.54. The number of carbonyl (C=O) groups is 1. The van der Waals surface area contributed by atoms with Gasteiger partial charge in [0.2, 0.25) is 0 Å². The number of carbonyl (C=O) groups excluding carboxylic acids is 1. The van der Waals surface area contributed by atoms with Crippen molar-refractivity contribution in [1.82, 2.24) is 0 Å². The maximum absolute atomic E-state index is 11.6. The number of hydrogen-bond donors (Lipinski definition) is 2. The number of aromatic hydroxyl groups is 2. The topological polar surface area (TPSA) is 76.0 Å². The van der Waals surface area contributed by atoms with E-state index in [1.54, 1.807) is 37.3 Å². The number of hydrogen-bond acceptors (Lipinski definition) is 5. The molecule has 32 heavy (non-hydrogen) atoms. The molecular weight excluding hydrogens is 519 g/mol. The monoisotopic (exact) mass is 541 g/mol. The first-order chi connectivity index (χ1) is 15.4. The zero-order chi connectivity index (χ0) is 22.7. The van der Waals surface area contributed by atoms with Crippen LogP contribution in [0.2, 0.25) is 0 Å². The molecule has 1 heterocycles. The summed E-state index contributed by atoms with van der Waals surface area (Å²) in [6, 6.07) is 18.2. The molecule has 0 saturated carbocycles. The predicted molar refractivity (Wildman–Crippen MR) is 119 cm³/mol. The summed E-state index contributed by atoms with van der Waals surface area (Å²) in [4.78, 5) is 11.6. The molecule has 5 nitrogen and oxygen atoms in total. The summed E-state index contributed by atoms with van der Waals surface area (Å²) in [5.41, 5.74) is 3.84. The third-order valence-corrected chi connectivity index (χ3v) is 7.99. The van der Waals surface area contributed by atoms with Gasteiger partial charge in [0.25, 0.3) is 0 Å². The van der Waals surface area contributed by atoms with E-state index in [4.69, 9.17) is 9.47 Å². The van der Waals surface area contributed by atoms with Gasteiger partial charge in [0.1, 0.15) is 0 Å². The van der Waals surface area contributed by atoms with Crippen LogP contribution in [-0.2, 0) is 9.53 Å². The summed E-state index contributed by atoms with van der Waals surface area (Å²) in [6.07, 6.45) is 3.15. The van der Waals surface area contributed by atoms with Crippen LogP contribution in [0.1, 0.15) is 29.2 Å². The van der Waals surface area contributed by atoms with Gasteiger partial charge < -0.3 is 0 Å². The van der Waals surface area contributed by atoms with Gasteiger partial charge in [0, 0.05) is 0 Å². The number of aryl methyl sites for hydroxylation is 1. The van der Waals surface area contributed by atoms with Crippen molar-refractivity contribution in [1.29, 1.82) is 0 Å². The molecule has 164 valence electrons. The Kier molecular flexibility index (Phi) is 6.50. The normalized spacial score (nSPS) is 13.1. The van der Waals surface area contributed by atoms with Crippen molar-refractivity contribution >= 4 is 21.4 Å². The van der Waals surface area contributed by atoms with E-state index in [1.165, 1.54) is 6.08 Å². The molecule has 0 unspecified atom stereocenters. The average molecular weight is 541 g/mol. The Bertz CT molecular complexity index is 1230. The minimum absolute atomic E-state index is 0.213. The van der Waals surface area contributed by atoms with E-state index < -0.39 is 21.2 Å². The molecule has 4 rings (SSSR count). The summed E-state index contributed by atoms with van der Waals surface area (Å²) < 4.78 is 13.5. The summed E-state index contributed by atoms with van der Waals surface area (Å²) >= 11 is -0.569. The van der Waals surface area contributed by atoms with Crippen molar-refractivity contribution in [2.75, 3.05) is 6.61 Å². The van der Waals surface area contributed by atoms with Gasteiger partial charge in [-0.1, -0.05) is 0 Å². The van der Waals surface area contributed by atoms with Crippen molar-refractivity contribution < 1.29 is 45.7 Å². The number of esters is 1. The van der Waals surface area contributed by atoms with Crippen LogP contribution in [0, 0.1) is 10.5 Å². The number of rotatable bonds is 6. The number of halogens is 1. The second-order valence-corrected chi connectivity index (χ2v) is 9.93. The van der Waals surface area contributed by atoms with Crippen LogP contribution < -0.4 is 25.9 Å². The Morgan fingerprint density at radius 2 is 1.75 bits per heavy atom. The standard InChI is InChI=1S/C26H22IO5/c1-3-31-24(30)13-7-17-6-11-21(14-16(17)2)32-26-22-12-10-20(29)15-23(22)27-25(26)18-4-8-19(28)9-5-18/h4-15,28-29H,3H2,1-2H3/q-1/b13-7+. The van der Waals surface area contributed by atoms with E-state index >= 15 is 0 Å². The molecule has 0 atom stereocenters. The van der Waals surface area contributed by atoms with Gasteiger partial charge in [-0.05, 0) is 6.92 Å². The Balaban J connectivity index is 1.67. The molecule has 0 amide bonds. The third kappa shape index (κ3) is 4.80. The van der Waals surface area contributed by atoms with Gasteiger partial charge in [0.05, 0.1) is 0 Å². The molecule has 6 heteroatoms. The van der Waals surface area contributed by atoms with Crippen molar-refractivity contribution in [3.05, 3.63) is 92.6 Å². The van der Waals surface area contributed by atoms with E-state index in [1.807, 2.05) is 43.3 Å². The van der Waals surface area contributed by atoms with Gasteiger partial charge in [0.15, 0.2) is 0 Å². The molecule has 3 aromatic carbocycles. The molecule has 0 fully saturated rings. The van der Waals surface area contributed by atoms with Crippen LogP contribution in [0.4, 0.5) is 0 Å². The Morgan fingerprint density at radius 3 is 2.47 bits per heavy atom. The maximum atomic E-state index is 11.6. The molecular formula is C26H22IO5-. The van der Waals surface area contributed by atoms with E-state index in [0.717, 1.165) is 35.2 Å². The molecule has 0 aliphatic carbocycles. The molecule has 0 radical (unpaired) electrons. The number of phenolic OH excluding ortho intramolecular Hbond substituents is 2. The van der Waals surface area contributed by atoms with E-state index in [9.17, 15) is 15.0 Å². The first kappa shape index (κ1) is 22.0. The van der Waals surface area contributed by atoms with Crippen LogP contribution in [0.5, 0.6) is 17.2 Å². The molecule has 0 saturated heterocycles. The van der Waals surface area contributed by atoms with Gasteiger partial charge in [-0.2, -0.15) is 0 Å². The fraction of sp³-hybridized carbons (Fsp3) is 0.115. The number of ether oxygens (including phenoxy) is 2. The first-order valence-electron chi connectivity index (χ1n) is 10.1. The predicted octanol–water partition coefficient (Wildman–Crippen LogP) is 2.16. The molecule has 1 aliphatic heterocycles. The zero-order valence-electron chi connectivity index (χ0n) is 17.6. The number of fused-ring (bicyclic) bond motifs is 1. The fourth-order valence-electron chi connectivity index (χ4n) is 3.29. The zero-order valence-corrected chi connectivity index (χ0v) is 19.8. The van der Waals surface area contributed by atoms with E-state index in [-0.39, 0.29) is 17.5 Å². The fourth-order valence-corrected chi connectivity index (χ4v) is 6.37. The van der Waals surface area contributed by atoms with Gasteiger partial charge in [-0.3, -0.25) is 0 Å². The quantitative estimate of drug-likeness (QED) is 0.285. The summed E-state index contributed by atoms with van der Waals surface area (Å²) in [7, 11) is 0. The van der Waals surface area contributed by atoms with Crippen LogP contribution in [0.15, 0.2) is 66.7 Å². The molecule has 0 bridgehead atoms. The van der Waals surface area contributed by atoms with Crippen LogP contribution in [0.3, 0.4) is 0 Å². The van der Waals surface area contributed by atoms with Crippen molar-refractivity contribution in [3.8, 4) is 17.2 Å². The van der Waals surface area contributed by atoms with E-state index in [2.05, 4.69) is 0 Å². The van der Waals surface area contributed by atoms with Crippen LogP contribution in [0.25, 0.3) is 15.4 Å². The number of benzene rings is 3. The van der Waals surface area contributed by atoms with Crippen molar-refractivity contribution in [2.45, 2.75) is 13.8 Å². The minimum atomic E-state index is -0.569. The number of phenols is 2. The van der Waals surface area contributed by atoms with Crippen LogP contribution >= 0.6 is 0 Å². The molecule has 0 aromatic heterocycles. The molecule has 1 aliphatic rings. The van der Waals surface area contributed by atoms with Crippen molar-refractivity contribution in [3.63, 3.8) is 0 Å². The van der Waals surface area contributed by atoms with Gasteiger partial charge in [-0.15, -0.1) is 0 Å². The summed E-state index contributed by atoms with van der Waals surface area (Å²) in [5, 5.41) is 19.6. The second kappa shape index (κ2) is 9.48. The Morgan fingerprint density at radius 1 is 1.00 bits per heavy atom.